The molecule has 1 N–H and O–H groups in total. The third kappa shape index (κ3) is 4.99. The zero-order valence-electron chi connectivity index (χ0n) is 15.8. The monoisotopic (exact) mass is 373 g/mol. The lowest BCUT2D eigenvalue weighted by Crippen LogP contribution is -2.35. The van der Waals surface area contributed by atoms with Gasteiger partial charge >= 0.3 is 0 Å². The number of carbonyl (C=O) groups is 3. The molecule has 1 unspecified atom stereocenters. The smallest absolute Gasteiger partial charge is 0.225 e. The summed E-state index contributed by atoms with van der Waals surface area (Å²) in [6, 6.07) is 7.59. The van der Waals surface area contributed by atoms with E-state index in [1.165, 1.54) is 0 Å². The number of likely N-dealkylation sites (tertiary alicyclic amines) is 2. The van der Waals surface area contributed by atoms with Gasteiger partial charge < -0.3 is 19.9 Å². The topological polar surface area (TPSA) is 79.0 Å². The summed E-state index contributed by atoms with van der Waals surface area (Å²) in [6.45, 7) is 2.99. The Kier molecular flexibility index (Phi) is 6.32. The number of benzene rings is 1. The molecule has 0 aliphatic carbocycles. The quantitative estimate of drug-likeness (QED) is 0.694. The largest absolute Gasteiger partial charge is 0.497 e. The molecule has 2 heterocycles. The van der Waals surface area contributed by atoms with E-state index >= 15 is 0 Å². The van der Waals surface area contributed by atoms with E-state index < -0.39 is 0 Å². The highest BCUT2D eigenvalue weighted by Crippen LogP contribution is 2.21. The zero-order chi connectivity index (χ0) is 19.2. The molecule has 2 aliphatic heterocycles. The highest BCUT2D eigenvalue weighted by molar-refractivity contribution is 5.89. The molecule has 2 saturated heterocycles. The van der Waals surface area contributed by atoms with Crippen LogP contribution < -0.4 is 10.1 Å². The molecule has 0 radical (unpaired) electrons. The van der Waals surface area contributed by atoms with Crippen LogP contribution in [0.5, 0.6) is 5.75 Å². The van der Waals surface area contributed by atoms with Crippen molar-refractivity contribution in [2.24, 2.45) is 5.92 Å². The van der Waals surface area contributed by atoms with Gasteiger partial charge in [0.1, 0.15) is 5.75 Å². The molecular weight excluding hydrogens is 346 g/mol. The third-order valence-corrected chi connectivity index (χ3v) is 5.19. The highest BCUT2D eigenvalue weighted by atomic mass is 16.5. The van der Waals surface area contributed by atoms with E-state index in [1.807, 2.05) is 29.2 Å². The number of nitrogens with zero attached hydrogens (tertiary/aromatic N) is 2. The van der Waals surface area contributed by atoms with E-state index in [2.05, 4.69) is 5.32 Å². The first-order chi connectivity index (χ1) is 13.1. The van der Waals surface area contributed by atoms with Crippen LogP contribution in [0.1, 0.15) is 31.2 Å². The van der Waals surface area contributed by atoms with Gasteiger partial charge in [0, 0.05) is 45.6 Å². The Bertz CT molecular complexity index is 689. The van der Waals surface area contributed by atoms with Crippen LogP contribution in [0.3, 0.4) is 0 Å². The Morgan fingerprint density at radius 3 is 2.63 bits per heavy atom. The van der Waals surface area contributed by atoms with Crippen LogP contribution in [-0.4, -0.2) is 60.8 Å². The minimum Gasteiger partial charge on any atom is -0.497 e. The van der Waals surface area contributed by atoms with Gasteiger partial charge in [0.15, 0.2) is 0 Å². The van der Waals surface area contributed by atoms with Gasteiger partial charge in [-0.1, -0.05) is 12.1 Å². The summed E-state index contributed by atoms with van der Waals surface area (Å²) in [4.78, 5) is 39.7. The van der Waals surface area contributed by atoms with Gasteiger partial charge in [0.25, 0.3) is 0 Å². The summed E-state index contributed by atoms with van der Waals surface area (Å²) in [5.74, 6) is 0.613. The number of hydrogen-bond donors (Lipinski definition) is 1. The van der Waals surface area contributed by atoms with Crippen molar-refractivity contribution in [3.05, 3.63) is 29.8 Å². The van der Waals surface area contributed by atoms with Gasteiger partial charge in [-0.2, -0.15) is 0 Å². The van der Waals surface area contributed by atoms with Crippen molar-refractivity contribution in [1.29, 1.82) is 0 Å². The van der Waals surface area contributed by atoms with Gasteiger partial charge in [-0.3, -0.25) is 14.4 Å². The van der Waals surface area contributed by atoms with Gasteiger partial charge in [-0.15, -0.1) is 0 Å². The predicted molar refractivity (Wildman–Crippen MR) is 100.0 cm³/mol. The molecule has 1 aromatic rings. The number of rotatable bonds is 8. The fraction of sp³-hybridized carbons (Fsp3) is 0.550. The van der Waals surface area contributed by atoms with Crippen LogP contribution >= 0.6 is 0 Å². The van der Waals surface area contributed by atoms with E-state index in [4.69, 9.17) is 4.74 Å². The summed E-state index contributed by atoms with van der Waals surface area (Å²) in [6.07, 6.45) is 2.57. The SMILES string of the molecule is COc1ccc(CN2CC(C(=O)NCCCN3CCCC3=O)CC2=O)cc1. The summed E-state index contributed by atoms with van der Waals surface area (Å²) in [7, 11) is 1.62. The van der Waals surface area contributed by atoms with Crippen molar-refractivity contribution in [1.82, 2.24) is 15.1 Å². The molecule has 7 nitrogen and oxygen atoms in total. The first kappa shape index (κ1) is 19.2. The molecule has 1 aromatic carbocycles. The molecule has 0 aromatic heterocycles. The van der Waals surface area contributed by atoms with Crippen LogP contribution in [0, 0.1) is 5.92 Å². The maximum absolute atomic E-state index is 12.3. The van der Waals surface area contributed by atoms with Crippen LogP contribution in [0.4, 0.5) is 0 Å². The number of nitrogens with one attached hydrogen (secondary N) is 1. The second-order valence-electron chi connectivity index (χ2n) is 7.15. The minimum atomic E-state index is -0.302. The fourth-order valence-corrected chi connectivity index (χ4v) is 3.62. The molecular formula is C20H27N3O4. The third-order valence-electron chi connectivity index (χ3n) is 5.19. The molecule has 3 amide bonds. The van der Waals surface area contributed by atoms with Gasteiger partial charge in [-0.05, 0) is 30.5 Å². The Morgan fingerprint density at radius 1 is 1.19 bits per heavy atom. The zero-order valence-corrected chi connectivity index (χ0v) is 15.8. The first-order valence-corrected chi connectivity index (χ1v) is 9.53. The lowest BCUT2D eigenvalue weighted by Gasteiger charge is -2.17. The van der Waals surface area contributed by atoms with Crippen molar-refractivity contribution in [3.8, 4) is 5.75 Å². The summed E-state index contributed by atoms with van der Waals surface area (Å²) >= 11 is 0. The van der Waals surface area contributed by atoms with Crippen LogP contribution in [0.15, 0.2) is 24.3 Å². The average Bonchev–Trinajstić information content (AvgIpc) is 3.25. The molecule has 0 saturated carbocycles. The maximum atomic E-state index is 12.3. The molecule has 0 spiro atoms. The van der Waals surface area contributed by atoms with Crippen LogP contribution in [-0.2, 0) is 20.9 Å². The molecule has 3 rings (SSSR count). The van der Waals surface area contributed by atoms with Crippen molar-refractivity contribution >= 4 is 17.7 Å². The molecule has 1 atom stereocenters. The standard InChI is InChI=1S/C20H27N3O4/c1-27-17-7-5-15(6-8-17)13-23-14-16(12-19(23)25)20(26)21-9-3-11-22-10-2-4-18(22)24/h5-8,16H,2-4,9-14H2,1H3,(H,21,26). The Labute approximate surface area is 159 Å². The molecule has 27 heavy (non-hydrogen) atoms. The van der Waals surface area contributed by atoms with E-state index in [1.54, 1.807) is 12.0 Å². The van der Waals surface area contributed by atoms with Crippen molar-refractivity contribution in [3.63, 3.8) is 0 Å². The van der Waals surface area contributed by atoms with Gasteiger partial charge in [0.05, 0.1) is 13.0 Å². The number of carbonyl (C=O) groups excluding carboxylic acids is 3. The summed E-state index contributed by atoms with van der Waals surface area (Å²) in [5.41, 5.74) is 1.01. The number of ether oxygens (including phenoxy) is 1. The molecule has 7 heteroatoms. The van der Waals surface area contributed by atoms with Crippen LogP contribution in [0.25, 0.3) is 0 Å². The molecule has 0 bridgehead atoms. The number of hydrogen-bond acceptors (Lipinski definition) is 4. The Balaban J connectivity index is 1.40. The first-order valence-electron chi connectivity index (χ1n) is 9.53. The maximum Gasteiger partial charge on any atom is 0.225 e. The summed E-state index contributed by atoms with van der Waals surface area (Å²) < 4.78 is 5.14. The van der Waals surface area contributed by atoms with E-state index in [9.17, 15) is 14.4 Å². The second kappa shape index (κ2) is 8.88. The van der Waals surface area contributed by atoms with E-state index in [-0.39, 0.29) is 30.1 Å². The molecule has 146 valence electrons. The van der Waals surface area contributed by atoms with E-state index in [0.29, 0.717) is 32.6 Å². The normalized spacial score (nSPS) is 19.7. The van der Waals surface area contributed by atoms with Crippen molar-refractivity contribution in [2.75, 3.05) is 33.3 Å². The van der Waals surface area contributed by atoms with Crippen LogP contribution in [0.2, 0.25) is 0 Å². The Hall–Kier alpha value is -2.57. The van der Waals surface area contributed by atoms with Crippen molar-refractivity contribution in [2.45, 2.75) is 32.2 Å². The Morgan fingerprint density at radius 2 is 1.96 bits per heavy atom. The highest BCUT2D eigenvalue weighted by Gasteiger charge is 2.34. The minimum absolute atomic E-state index is 0.00799. The number of amides is 3. The van der Waals surface area contributed by atoms with Gasteiger partial charge in [-0.25, -0.2) is 0 Å². The van der Waals surface area contributed by atoms with Crippen molar-refractivity contribution < 1.29 is 19.1 Å². The number of methoxy groups -OCH3 is 1. The summed E-state index contributed by atoms with van der Waals surface area (Å²) in [5, 5.41) is 2.91. The van der Waals surface area contributed by atoms with E-state index in [0.717, 1.165) is 30.7 Å². The molecule has 2 fully saturated rings. The fourth-order valence-electron chi connectivity index (χ4n) is 3.62. The lowest BCUT2D eigenvalue weighted by molar-refractivity contribution is -0.129. The predicted octanol–water partition coefficient (Wildman–Crippen LogP) is 1.17. The average molecular weight is 373 g/mol. The second-order valence-corrected chi connectivity index (χ2v) is 7.15. The lowest BCUT2D eigenvalue weighted by atomic mass is 10.1. The van der Waals surface area contributed by atoms with Gasteiger partial charge in [0.2, 0.25) is 17.7 Å². The molecule has 2 aliphatic rings.